The van der Waals surface area contributed by atoms with Gasteiger partial charge in [-0.15, -0.1) is 0 Å². The van der Waals surface area contributed by atoms with Gasteiger partial charge in [-0.25, -0.2) is 0 Å². The van der Waals surface area contributed by atoms with Gasteiger partial charge in [-0.05, 0) is 19.8 Å². The molecule has 2 N–H and O–H groups in total. The summed E-state index contributed by atoms with van der Waals surface area (Å²) in [7, 11) is 1.73. The molecule has 0 aliphatic carbocycles. The van der Waals surface area contributed by atoms with Crippen LogP contribution >= 0.6 is 0 Å². The summed E-state index contributed by atoms with van der Waals surface area (Å²) in [6.07, 6.45) is 0. The Hall–Kier alpha value is -0.160. The average molecular weight is 246 g/mol. The Balaban J connectivity index is 4.55. The third-order valence-electron chi connectivity index (χ3n) is 2.97. The molecule has 0 heterocycles. The molecule has 0 saturated heterocycles. The molecule has 0 saturated carbocycles. The van der Waals surface area contributed by atoms with Crippen LogP contribution in [0.15, 0.2) is 0 Å². The molecule has 17 heavy (non-hydrogen) atoms. The molecule has 0 aromatic heterocycles. The Morgan fingerprint density at radius 3 is 2.41 bits per heavy atom. The number of nitrogens with zero attached hydrogens (tertiary/aromatic N) is 1. The molecule has 0 bridgehead atoms. The van der Waals surface area contributed by atoms with Crippen LogP contribution in [0, 0.1) is 5.92 Å². The minimum absolute atomic E-state index is 0.0984. The summed E-state index contributed by atoms with van der Waals surface area (Å²) < 4.78 is 10.7. The number of ether oxygens (including phenoxy) is 2. The van der Waals surface area contributed by atoms with Crippen LogP contribution in [0.2, 0.25) is 0 Å². The van der Waals surface area contributed by atoms with Gasteiger partial charge >= 0.3 is 0 Å². The fraction of sp³-hybridized carbons (Fsp3) is 1.00. The highest BCUT2D eigenvalue weighted by molar-refractivity contribution is 4.88. The number of hydrogen-bond donors (Lipinski definition) is 1. The summed E-state index contributed by atoms with van der Waals surface area (Å²) in [5.41, 5.74) is 5.84. The molecule has 0 aliphatic heterocycles. The van der Waals surface area contributed by atoms with Gasteiger partial charge in [-0.2, -0.15) is 0 Å². The highest BCUT2D eigenvalue weighted by Crippen LogP contribution is 2.16. The second-order valence-electron chi connectivity index (χ2n) is 5.17. The topological polar surface area (TPSA) is 47.7 Å². The SMILES string of the molecule is CCOCC(C)(CN)N(CCOC)CC(C)C. The summed E-state index contributed by atoms with van der Waals surface area (Å²) in [5, 5.41) is 0. The average Bonchev–Trinajstić information content (AvgIpc) is 2.31. The van der Waals surface area contributed by atoms with Crippen molar-refractivity contribution in [3.8, 4) is 0 Å². The number of hydrogen-bond acceptors (Lipinski definition) is 4. The van der Waals surface area contributed by atoms with Crippen LogP contribution < -0.4 is 5.73 Å². The molecule has 0 fully saturated rings. The zero-order valence-electron chi connectivity index (χ0n) is 12.2. The maximum absolute atomic E-state index is 5.93. The van der Waals surface area contributed by atoms with Crippen LogP contribution in [-0.2, 0) is 9.47 Å². The molecule has 0 amide bonds. The van der Waals surface area contributed by atoms with Gasteiger partial charge in [0.2, 0.25) is 0 Å². The lowest BCUT2D eigenvalue weighted by Crippen LogP contribution is -2.56. The van der Waals surface area contributed by atoms with Crippen LogP contribution in [0.1, 0.15) is 27.7 Å². The minimum atomic E-state index is -0.0984. The number of methoxy groups -OCH3 is 1. The van der Waals surface area contributed by atoms with Gasteiger partial charge in [-0.3, -0.25) is 4.90 Å². The van der Waals surface area contributed by atoms with Gasteiger partial charge in [0.25, 0.3) is 0 Å². The molecular weight excluding hydrogens is 216 g/mol. The van der Waals surface area contributed by atoms with Crippen LogP contribution in [-0.4, -0.2) is 57.0 Å². The van der Waals surface area contributed by atoms with Crippen LogP contribution in [0.3, 0.4) is 0 Å². The summed E-state index contributed by atoms with van der Waals surface area (Å²) in [4.78, 5) is 2.39. The van der Waals surface area contributed by atoms with E-state index in [1.807, 2.05) is 6.92 Å². The Kier molecular flexibility index (Phi) is 8.78. The van der Waals surface area contributed by atoms with Crippen molar-refractivity contribution in [2.75, 3.05) is 46.6 Å². The van der Waals surface area contributed by atoms with E-state index in [9.17, 15) is 0 Å². The second kappa shape index (κ2) is 8.86. The predicted octanol–water partition coefficient (Wildman–Crippen LogP) is 1.34. The largest absolute Gasteiger partial charge is 0.383 e. The molecule has 0 radical (unpaired) electrons. The van der Waals surface area contributed by atoms with Crippen molar-refractivity contribution < 1.29 is 9.47 Å². The van der Waals surface area contributed by atoms with E-state index in [4.69, 9.17) is 15.2 Å². The molecule has 0 rings (SSSR count). The van der Waals surface area contributed by atoms with Crippen LogP contribution in [0.5, 0.6) is 0 Å². The molecule has 104 valence electrons. The standard InChI is InChI=1S/C13H30N2O2/c1-6-17-11-13(4,10-14)15(7-8-16-5)9-12(2)3/h12H,6-11,14H2,1-5H3. The summed E-state index contributed by atoms with van der Waals surface area (Å²) in [6, 6.07) is 0. The molecule has 0 spiro atoms. The second-order valence-corrected chi connectivity index (χ2v) is 5.17. The van der Waals surface area contributed by atoms with E-state index in [2.05, 4.69) is 25.7 Å². The molecule has 0 aromatic rings. The summed E-state index contributed by atoms with van der Waals surface area (Å²) in [6.45, 7) is 13.3. The fourth-order valence-electron chi connectivity index (χ4n) is 1.83. The molecule has 4 nitrogen and oxygen atoms in total. The van der Waals surface area contributed by atoms with E-state index < -0.39 is 0 Å². The smallest absolute Gasteiger partial charge is 0.0659 e. The normalized spacial score (nSPS) is 15.5. The quantitative estimate of drug-likeness (QED) is 0.632. The fourth-order valence-corrected chi connectivity index (χ4v) is 1.83. The van der Waals surface area contributed by atoms with Crippen molar-refractivity contribution in [2.24, 2.45) is 11.7 Å². The van der Waals surface area contributed by atoms with Crippen molar-refractivity contribution in [3.63, 3.8) is 0 Å². The highest BCUT2D eigenvalue weighted by Gasteiger charge is 2.30. The van der Waals surface area contributed by atoms with Gasteiger partial charge in [0.1, 0.15) is 0 Å². The van der Waals surface area contributed by atoms with E-state index >= 15 is 0 Å². The first-order valence-electron chi connectivity index (χ1n) is 6.52. The number of rotatable bonds is 10. The lowest BCUT2D eigenvalue weighted by molar-refractivity contribution is -0.00667. The van der Waals surface area contributed by atoms with Crippen molar-refractivity contribution in [2.45, 2.75) is 33.2 Å². The molecule has 1 atom stereocenters. The third kappa shape index (κ3) is 6.36. The molecule has 0 aliphatic rings. The summed E-state index contributed by atoms with van der Waals surface area (Å²) >= 11 is 0. The zero-order valence-corrected chi connectivity index (χ0v) is 12.2. The first-order valence-corrected chi connectivity index (χ1v) is 6.52. The zero-order chi connectivity index (χ0) is 13.3. The third-order valence-corrected chi connectivity index (χ3v) is 2.97. The van der Waals surface area contributed by atoms with Crippen LogP contribution in [0.4, 0.5) is 0 Å². The van der Waals surface area contributed by atoms with Crippen molar-refractivity contribution in [1.29, 1.82) is 0 Å². The Morgan fingerprint density at radius 2 is 2.00 bits per heavy atom. The monoisotopic (exact) mass is 246 g/mol. The van der Waals surface area contributed by atoms with E-state index in [0.29, 0.717) is 19.1 Å². The van der Waals surface area contributed by atoms with E-state index in [1.54, 1.807) is 7.11 Å². The lowest BCUT2D eigenvalue weighted by Gasteiger charge is -2.41. The maximum atomic E-state index is 5.93. The van der Waals surface area contributed by atoms with E-state index in [0.717, 1.165) is 26.3 Å². The van der Waals surface area contributed by atoms with Gasteiger partial charge < -0.3 is 15.2 Å². The van der Waals surface area contributed by atoms with Crippen molar-refractivity contribution >= 4 is 0 Å². The van der Waals surface area contributed by atoms with Gasteiger partial charge in [-0.1, -0.05) is 13.8 Å². The van der Waals surface area contributed by atoms with E-state index in [-0.39, 0.29) is 5.54 Å². The van der Waals surface area contributed by atoms with Gasteiger partial charge in [0.15, 0.2) is 0 Å². The lowest BCUT2D eigenvalue weighted by atomic mass is 9.99. The Bertz CT molecular complexity index is 188. The van der Waals surface area contributed by atoms with Gasteiger partial charge in [0.05, 0.1) is 18.8 Å². The molecular formula is C13H30N2O2. The predicted molar refractivity (Wildman–Crippen MR) is 72.2 cm³/mol. The minimum Gasteiger partial charge on any atom is -0.383 e. The van der Waals surface area contributed by atoms with E-state index in [1.165, 1.54) is 0 Å². The molecule has 1 unspecified atom stereocenters. The first kappa shape index (κ1) is 16.8. The summed E-state index contributed by atoms with van der Waals surface area (Å²) in [5.74, 6) is 0.611. The Morgan fingerprint density at radius 1 is 1.35 bits per heavy atom. The Labute approximate surface area is 106 Å². The van der Waals surface area contributed by atoms with Crippen molar-refractivity contribution in [1.82, 2.24) is 4.90 Å². The number of nitrogens with two attached hydrogens (primary N) is 1. The van der Waals surface area contributed by atoms with Crippen molar-refractivity contribution in [3.05, 3.63) is 0 Å². The maximum Gasteiger partial charge on any atom is 0.0659 e. The highest BCUT2D eigenvalue weighted by atomic mass is 16.5. The van der Waals surface area contributed by atoms with Gasteiger partial charge in [0, 0.05) is 33.4 Å². The first-order chi connectivity index (χ1) is 8.00. The molecule has 0 aromatic carbocycles. The van der Waals surface area contributed by atoms with Crippen LogP contribution in [0.25, 0.3) is 0 Å². The molecule has 4 heteroatoms.